The van der Waals surface area contributed by atoms with E-state index >= 15 is 0 Å². The molecule has 1 aliphatic rings. The van der Waals surface area contributed by atoms with Gasteiger partial charge in [-0.05, 0) is 68.2 Å². The fourth-order valence-corrected chi connectivity index (χ4v) is 4.55. The molecule has 0 saturated heterocycles. The minimum Gasteiger partial charge on any atom is -0.465 e. The smallest absolute Gasteiger partial charge is 0.341 e. The molecule has 0 atom stereocenters. The van der Waals surface area contributed by atoms with E-state index < -0.39 is 0 Å². The van der Waals surface area contributed by atoms with Crippen molar-refractivity contribution in [3.63, 3.8) is 0 Å². The third-order valence-corrected chi connectivity index (χ3v) is 5.60. The van der Waals surface area contributed by atoms with Gasteiger partial charge in [0.2, 0.25) is 0 Å². The van der Waals surface area contributed by atoms with E-state index in [0.29, 0.717) is 27.8 Å². The summed E-state index contributed by atoms with van der Waals surface area (Å²) in [5, 5.41) is 7.23. The van der Waals surface area contributed by atoms with Crippen LogP contribution in [0.4, 0.5) is 10.7 Å². The lowest BCUT2D eigenvalue weighted by Crippen LogP contribution is -2.20. The minimum atomic E-state index is -0.361. The van der Waals surface area contributed by atoms with Gasteiger partial charge < -0.3 is 20.1 Å². The van der Waals surface area contributed by atoms with Gasteiger partial charge in [0.25, 0.3) is 0 Å². The fourth-order valence-electron chi connectivity index (χ4n) is 2.98. The Hall–Kier alpha value is -2.45. The van der Waals surface area contributed by atoms with Gasteiger partial charge in [0.1, 0.15) is 5.00 Å². The summed E-state index contributed by atoms with van der Waals surface area (Å²) < 4.78 is 9.90. The second-order valence-corrected chi connectivity index (χ2v) is 7.44. The highest BCUT2D eigenvalue weighted by molar-refractivity contribution is 7.80. The number of methoxy groups -OCH3 is 1. The molecule has 142 valence electrons. The Kier molecular flexibility index (Phi) is 6.08. The average molecular weight is 405 g/mol. The molecule has 8 heteroatoms. The summed E-state index contributed by atoms with van der Waals surface area (Å²) in [6.45, 7) is 2.10. The van der Waals surface area contributed by atoms with Crippen LogP contribution in [0.5, 0.6) is 0 Å². The number of carbonyl (C=O) groups is 2. The summed E-state index contributed by atoms with van der Waals surface area (Å²) in [4.78, 5) is 25.1. The van der Waals surface area contributed by atoms with E-state index in [1.54, 1.807) is 42.5 Å². The summed E-state index contributed by atoms with van der Waals surface area (Å²) in [5.74, 6) is -0.709. The van der Waals surface area contributed by atoms with E-state index in [9.17, 15) is 9.59 Å². The summed E-state index contributed by atoms with van der Waals surface area (Å²) in [6.07, 6.45) is 2.91. The number of thiophene rings is 1. The number of ether oxygens (including phenoxy) is 2. The molecular formula is C19H20N2O4S2. The molecule has 3 rings (SSSR count). The number of thiocarbonyl (C=S) groups is 1. The largest absolute Gasteiger partial charge is 0.465 e. The number of hydrogen-bond donors (Lipinski definition) is 2. The van der Waals surface area contributed by atoms with E-state index in [1.165, 1.54) is 12.0 Å². The Labute approximate surface area is 166 Å². The number of esters is 2. The van der Waals surface area contributed by atoms with Crippen molar-refractivity contribution in [3.05, 3.63) is 45.8 Å². The topological polar surface area (TPSA) is 76.7 Å². The van der Waals surface area contributed by atoms with Crippen LogP contribution in [0.1, 0.15) is 44.5 Å². The fraction of sp³-hybridized carbons (Fsp3) is 0.316. The highest BCUT2D eigenvalue weighted by Gasteiger charge is 2.27. The number of carbonyl (C=O) groups excluding carboxylic acids is 2. The van der Waals surface area contributed by atoms with Crippen LogP contribution in [-0.2, 0) is 22.3 Å². The third kappa shape index (κ3) is 4.28. The maximum absolute atomic E-state index is 12.2. The highest BCUT2D eigenvalue weighted by Crippen LogP contribution is 2.39. The van der Waals surface area contributed by atoms with Crippen LogP contribution in [0.2, 0.25) is 0 Å². The molecule has 2 N–H and O–H groups in total. The molecule has 0 amide bonds. The second kappa shape index (κ2) is 8.49. The third-order valence-electron chi connectivity index (χ3n) is 4.19. The summed E-state index contributed by atoms with van der Waals surface area (Å²) in [5.41, 5.74) is 2.85. The lowest BCUT2D eigenvalue weighted by Gasteiger charge is -2.11. The number of aryl methyl sites for hydroxylation is 1. The normalized spacial score (nSPS) is 12.2. The number of anilines is 2. The quantitative estimate of drug-likeness (QED) is 0.576. The van der Waals surface area contributed by atoms with Crippen LogP contribution in [0, 0.1) is 0 Å². The van der Waals surface area contributed by atoms with E-state index in [4.69, 9.17) is 21.7 Å². The van der Waals surface area contributed by atoms with E-state index in [-0.39, 0.29) is 11.9 Å². The predicted molar refractivity (Wildman–Crippen MR) is 110 cm³/mol. The Morgan fingerprint density at radius 3 is 2.56 bits per heavy atom. The maximum atomic E-state index is 12.2. The molecule has 1 aromatic heterocycles. The van der Waals surface area contributed by atoms with Gasteiger partial charge in [0.05, 0.1) is 24.8 Å². The molecule has 0 saturated carbocycles. The zero-order valence-electron chi connectivity index (χ0n) is 15.1. The van der Waals surface area contributed by atoms with Gasteiger partial charge in [0.15, 0.2) is 5.11 Å². The first kappa shape index (κ1) is 19.3. The first-order chi connectivity index (χ1) is 13.0. The molecule has 1 heterocycles. The van der Waals surface area contributed by atoms with Crippen molar-refractivity contribution in [2.24, 2.45) is 0 Å². The average Bonchev–Trinajstić information content (AvgIpc) is 3.22. The van der Waals surface area contributed by atoms with Gasteiger partial charge >= 0.3 is 11.9 Å². The number of benzene rings is 1. The molecule has 0 bridgehead atoms. The number of nitrogens with one attached hydrogen (secondary N) is 2. The standard InChI is InChI=1S/C19H20N2O4S2/c1-3-25-17(22)11-7-9-12(10-8-11)20-19(26)21-16-15(18(23)24-2)13-5-4-6-14(13)27-16/h7-10H,3-6H2,1-2H3,(H2,20,21,26). The van der Waals surface area contributed by atoms with Crippen molar-refractivity contribution in [1.29, 1.82) is 0 Å². The van der Waals surface area contributed by atoms with Crippen LogP contribution < -0.4 is 10.6 Å². The van der Waals surface area contributed by atoms with Crippen molar-refractivity contribution in [2.45, 2.75) is 26.2 Å². The Balaban J connectivity index is 1.70. The summed E-state index contributed by atoms with van der Waals surface area (Å²) >= 11 is 6.92. The molecule has 0 aliphatic heterocycles. The van der Waals surface area contributed by atoms with Crippen molar-refractivity contribution in [2.75, 3.05) is 24.4 Å². The molecule has 27 heavy (non-hydrogen) atoms. The molecule has 0 radical (unpaired) electrons. The molecule has 0 fully saturated rings. The van der Waals surface area contributed by atoms with E-state index in [0.717, 1.165) is 30.5 Å². The van der Waals surface area contributed by atoms with Crippen LogP contribution in [0.15, 0.2) is 24.3 Å². The lowest BCUT2D eigenvalue weighted by molar-refractivity contribution is 0.0525. The van der Waals surface area contributed by atoms with Gasteiger partial charge in [-0.15, -0.1) is 11.3 Å². The minimum absolute atomic E-state index is 0.333. The van der Waals surface area contributed by atoms with E-state index in [1.807, 2.05) is 0 Å². The predicted octanol–water partition coefficient (Wildman–Crippen LogP) is 4.01. The second-order valence-electron chi connectivity index (χ2n) is 5.93. The van der Waals surface area contributed by atoms with Gasteiger partial charge in [-0.3, -0.25) is 0 Å². The molecule has 1 aliphatic carbocycles. The van der Waals surface area contributed by atoms with Crippen LogP contribution in [0.25, 0.3) is 0 Å². The molecule has 1 aromatic carbocycles. The van der Waals surface area contributed by atoms with Crippen LogP contribution in [-0.4, -0.2) is 30.8 Å². The number of fused-ring (bicyclic) bond motifs is 1. The summed E-state index contributed by atoms with van der Waals surface area (Å²) in [6, 6.07) is 6.83. The Morgan fingerprint density at radius 2 is 1.89 bits per heavy atom. The Morgan fingerprint density at radius 1 is 1.15 bits per heavy atom. The monoisotopic (exact) mass is 404 g/mol. The lowest BCUT2D eigenvalue weighted by atomic mass is 10.1. The van der Waals surface area contributed by atoms with Gasteiger partial charge in [-0.1, -0.05) is 0 Å². The number of rotatable bonds is 5. The first-order valence-corrected chi connectivity index (χ1v) is 9.84. The maximum Gasteiger partial charge on any atom is 0.341 e. The van der Waals surface area contributed by atoms with Crippen molar-refractivity contribution in [1.82, 2.24) is 0 Å². The van der Waals surface area contributed by atoms with Crippen molar-refractivity contribution in [3.8, 4) is 0 Å². The van der Waals surface area contributed by atoms with Gasteiger partial charge in [-0.2, -0.15) is 0 Å². The summed E-state index contributed by atoms with van der Waals surface area (Å²) in [7, 11) is 1.38. The molecule has 0 unspecified atom stereocenters. The van der Waals surface area contributed by atoms with Crippen LogP contribution >= 0.6 is 23.6 Å². The van der Waals surface area contributed by atoms with Crippen molar-refractivity contribution < 1.29 is 19.1 Å². The zero-order valence-corrected chi connectivity index (χ0v) is 16.7. The first-order valence-electron chi connectivity index (χ1n) is 8.61. The SMILES string of the molecule is CCOC(=O)c1ccc(NC(=S)Nc2sc3c(c2C(=O)OC)CCC3)cc1. The Bertz CT molecular complexity index is 875. The molecular weight excluding hydrogens is 384 g/mol. The highest BCUT2D eigenvalue weighted by atomic mass is 32.1. The van der Waals surface area contributed by atoms with E-state index in [2.05, 4.69) is 10.6 Å². The zero-order chi connectivity index (χ0) is 19.4. The molecule has 2 aromatic rings. The molecule has 6 nitrogen and oxygen atoms in total. The van der Waals surface area contributed by atoms with Crippen LogP contribution in [0.3, 0.4) is 0 Å². The van der Waals surface area contributed by atoms with Crippen molar-refractivity contribution >= 4 is 51.3 Å². The van der Waals surface area contributed by atoms with Gasteiger partial charge in [0, 0.05) is 10.6 Å². The van der Waals surface area contributed by atoms with Gasteiger partial charge in [-0.25, -0.2) is 9.59 Å². The molecule has 0 spiro atoms. The number of hydrogen-bond acceptors (Lipinski definition) is 6.